The van der Waals surface area contributed by atoms with Gasteiger partial charge in [-0.3, -0.25) is 0 Å². The number of esters is 1. The molecule has 0 saturated carbocycles. The number of aromatic amines is 1. The van der Waals surface area contributed by atoms with Crippen molar-refractivity contribution in [2.24, 2.45) is 0 Å². The van der Waals surface area contributed by atoms with Crippen molar-refractivity contribution in [3.05, 3.63) is 36.8 Å². The molecule has 1 N–H and O–H groups in total. The molecule has 7 heteroatoms. The molecule has 0 aliphatic heterocycles. The number of ether oxygens (including phenoxy) is 2. The third-order valence-corrected chi connectivity index (χ3v) is 3.14. The average molecular weight is 298 g/mol. The molecule has 0 fully saturated rings. The normalized spacial score (nSPS) is 12.1. The number of carbonyl (C=O) groups excluding carboxylic acids is 1. The van der Waals surface area contributed by atoms with E-state index in [9.17, 15) is 4.79 Å². The molecule has 0 saturated heterocycles. The van der Waals surface area contributed by atoms with E-state index < -0.39 is 12.1 Å². The van der Waals surface area contributed by atoms with E-state index in [-0.39, 0.29) is 0 Å². The Kier molecular flexibility index (Phi) is 3.69. The van der Waals surface area contributed by atoms with Gasteiger partial charge in [0.15, 0.2) is 11.8 Å². The van der Waals surface area contributed by atoms with Gasteiger partial charge in [0.2, 0.25) is 0 Å². The van der Waals surface area contributed by atoms with Crippen LogP contribution in [0.4, 0.5) is 0 Å². The van der Waals surface area contributed by atoms with Crippen LogP contribution in [0.25, 0.3) is 22.6 Å². The van der Waals surface area contributed by atoms with Gasteiger partial charge in [-0.1, -0.05) is 0 Å². The molecule has 0 aliphatic carbocycles. The summed E-state index contributed by atoms with van der Waals surface area (Å²) in [5.74, 6) is 0.862. The number of fused-ring (bicyclic) bond motifs is 1. The highest BCUT2D eigenvalue weighted by atomic mass is 16.6. The lowest BCUT2D eigenvalue weighted by atomic mass is 10.2. The van der Waals surface area contributed by atoms with Gasteiger partial charge in [-0.15, -0.1) is 0 Å². The first-order chi connectivity index (χ1) is 10.7. The summed E-state index contributed by atoms with van der Waals surface area (Å²) < 4.78 is 10.1. The molecule has 3 aromatic rings. The van der Waals surface area contributed by atoms with Gasteiger partial charge >= 0.3 is 5.97 Å². The number of rotatable bonds is 4. The van der Waals surface area contributed by atoms with E-state index in [1.165, 1.54) is 13.4 Å². The second kappa shape index (κ2) is 5.80. The average Bonchev–Trinajstić information content (AvgIpc) is 2.98. The van der Waals surface area contributed by atoms with Crippen LogP contribution in [0.2, 0.25) is 0 Å². The van der Waals surface area contributed by atoms with Gasteiger partial charge < -0.3 is 14.5 Å². The smallest absolute Gasteiger partial charge is 0.346 e. The Morgan fingerprint density at radius 3 is 2.73 bits per heavy atom. The second-order valence-corrected chi connectivity index (χ2v) is 4.65. The van der Waals surface area contributed by atoms with Crippen molar-refractivity contribution < 1.29 is 14.3 Å². The first kappa shape index (κ1) is 14.0. The van der Waals surface area contributed by atoms with Gasteiger partial charge in [0.05, 0.1) is 13.3 Å². The highest BCUT2D eigenvalue weighted by molar-refractivity contribution is 5.75. The third kappa shape index (κ3) is 2.73. The van der Waals surface area contributed by atoms with Crippen LogP contribution < -0.4 is 4.74 Å². The van der Waals surface area contributed by atoms with Crippen molar-refractivity contribution >= 4 is 17.1 Å². The Bertz CT molecular complexity index is 765. The summed E-state index contributed by atoms with van der Waals surface area (Å²) in [6, 6.07) is 7.25. The van der Waals surface area contributed by atoms with Gasteiger partial charge in [-0.2, -0.15) is 0 Å². The maximum absolute atomic E-state index is 11.3. The molecule has 1 atom stereocenters. The van der Waals surface area contributed by atoms with Crippen LogP contribution in [0.15, 0.2) is 36.8 Å². The van der Waals surface area contributed by atoms with Crippen LogP contribution in [-0.4, -0.2) is 39.1 Å². The maximum atomic E-state index is 11.3. The molecule has 112 valence electrons. The molecule has 0 spiro atoms. The predicted molar refractivity (Wildman–Crippen MR) is 79.2 cm³/mol. The number of imidazole rings is 1. The van der Waals surface area contributed by atoms with Crippen LogP contribution in [-0.2, 0) is 9.53 Å². The summed E-state index contributed by atoms with van der Waals surface area (Å²) in [7, 11) is 1.33. The fourth-order valence-corrected chi connectivity index (χ4v) is 2.01. The summed E-state index contributed by atoms with van der Waals surface area (Å²) in [6.07, 6.45) is 2.48. The number of benzene rings is 1. The number of carbonyl (C=O) groups is 1. The van der Waals surface area contributed by atoms with Gasteiger partial charge in [0, 0.05) is 5.56 Å². The highest BCUT2D eigenvalue weighted by Crippen LogP contribution is 2.22. The van der Waals surface area contributed by atoms with Crippen LogP contribution in [0.3, 0.4) is 0 Å². The molecule has 0 radical (unpaired) electrons. The molecule has 0 amide bonds. The topological polar surface area (TPSA) is 90.0 Å². The SMILES string of the molecule is COC(=O)C(C)Oc1ccc(-c2nc3ncncc3[nH]2)cc1. The van der Waals surface area contributed by atoms with Gasteiger partial charge in [0.1, 0.15) is 23.4 Å². The fraction of sp³-hybridized carbons (Fsp3) is 0.200. The van der Waals surface area contributed by atoms with E-state index in [0.29, 0.717) is 17.2 Å². The van der Waals surface area contributed by atoms with Gasteiger partial charge in [-0.25, -0.2) is 19.7 Å². The lowest BCUT2D eigenvalue weighted by Crippen LogP contribution is -2.24. The molecule has 2 aromatic heterocycles. The Hall–Kier alpha value is -2.96. The van der Waals surface area contributed by atoms with Crippen molar-refractivity contribution in [1.82, 2.24) is 19.9 Å². The third-order valence-electron chi connectivity index (χ3n) is 3.14. The van der Waals surface area contributed by atoms with Crippen molar-refractivity contribution in [2.45, 2.75) is 13.0 Å². The molecule has 1 aromatic carbocycles. The van der Waals surface area contributed by atoms with Crippen molar-refractivity contribution in [2.75, 3.05) is 7.11 Å². The molecular formula is C15H14N4O3. The molecule has 2 heterocycles. The number of nitrogens with one attached hydrogen (secondary N) is 1. The molecule has 1 unspecified atom stereocenters. The highest BCUT2D eigenvalue weighted by Gasteiger charge is 2.14. The number of aromatic nitrogens is 4. The molecule has 0 aliphatic rings. The fourth-order valence-electron chi connectivity index (χ4n) is 2.01. The largest absolute Gasteiger partial charge is 0.479 e. The minimum Gasteiger partial charge on any atom is -0.479 e. The number of H-pyrrole nitrogens is 1. The first-order valence-electron chi connectivity index (χ1n) is 6.68. The van der Waals surface area contributed by atoms with E-state index in [2.05, 4.69) is 24.7 Å². The Morgan fingerprint density at radius 1 is 1.27 bits per heavy atom. The second-order valence-electron chi connectivity index (χ2n) is 4.65. The van der Waals surface area contributed by atoms with E-state index in [0.717, 1.165) is 11.1 Å². The zero-order valence-electron chi connectivity index (χ0n) is 12.1. The summed E-state index contributed by atoms with van der Waals surface area (Å²) >= 11 is 0. The number of methoxy groups -OCH3 is 1. The van der Waals surface area contributed by atoms with Crippen molar-refractivity contribution in [3.63, 3.8) is 0 Å². The van der Waals surface area contributed by atoms with Crippen molar-refractivity contribution in [1.29, 1.82) is 0 Å². The summed E-state index contributed by atoms with van der Waals surface area (Å²) in [6.45, 7) is 1.64. The van der Waals surface area contributed by atoms with E-state index in [1.807, 2.05) is 12.1 Å². The zero-order chi connectivity index (χ0) is 15.5. The van der Waals surface area contributed by atoms with Crippen LogP contribution >= 0.6 is 0 Å². The van der Waals surface area contributed by atoms with Gasteiger partial charge in [-0.05, 0) is 31.2 Å². The molecule has 3 rings (SSSR count). The Morgan fingerprint density at radius 2 is 2.05 bits per heavy atom. The standard InChI is InChI=1S/C15H14N4O3/c1-9(15(20)21-2)22-11-5-3-10(4-6-11)13-18-12-7-16-8-17-14(12)19-13/h3-9H,1-2H3,(H,16,17,18,19). The summed E-state index contributed by atoms with van der Waals surface area (Å²) in [5, 5.41) is 0. The summed E-state index contributed by atoms with van der Waals surface area (Å²) in [5.41, 5.74) is 2.28. The maximum Gasteiger partial charge on any atom is 0.346 e. The van der Waals surface area contributed by atoms with Crippen LogP contribution in [0, 0.1) is 0 Å². The number of nitrogens with zero attached hydrogens (tertiary/aromatic N) is 3. The Labute approximate surface area is 126 Å². The van der Waals surface area contributed by atoms with Crippen LogP contribution in [0.1, 0.15) is 6.92 Å². The molecule has 7 nitrogen and oxygen atoms in total. The van der Waals surface area contributed by atoms with E-state index >= 15 is 0 Å². The number of hydrogen-bond donors (Lipinski definition) is 1. The molecule has 0 bridgehead atoms. The summed E-state index contributed by atoms with van der Waals surface area (Å²) in [4.78, 5) is 26.9. The van der Waals surface area contributed by atoms with Crippen LogP contribution in [0.5, 0.6) is 5.75 Å². The first-order valence-corrected chi connectivity index (χ1v) is 6.68. The predicted octanol–water partition coefficient (Wildman–Crippen LogP) is 1.96. The lowest BCUT2D eigenvalue weighted by molar-refractivity contribution is -0.147. The molecular weight excluding hydrogens is 284 g/mol. The zero-order valence-corrected chi connectivity index (χ0v) is 12.1. The minimum atomic E-state index is -0.655. The Balaban J connectivity index is 1.80. The number of hydrogen-bond acceptors (Lipinski definition) is 6. The van der Waals surface area contributed by atoms with E-state index in [4.69, 9.17) is 4.74 Å². The minimum absolute atomic E-state index is 0.417. The monoisotopic (exact) mass is 298 g/mol. The van der Waals surface area contributed by atoms with E-state index in [1.54, 1.807) is 25.3 Å². The van der Waals surface area contributed by atoms with Gasteiger partial charge in [0.25, 0.3) is 0 Å². The quantitative estimate of drug-likeness (QED) is 0.740. The van der Waals surface area contributed by atoms with Crippen molar-refractivity contribution in [3.8, 4) is 17.1 Å². The molecule has 22 heavy (non-hydrogen) atoms. The lowest BCUT2D eigenvalue weighted by Gasteiger charge is -2.12.